The van der Waals surface area contributed by atoms with Gasteiger partial charge >= 0.3 is 0 Å². The summed E-state index contributed by atoms with van der Waals surface area (Å²) < 4.78 is 0.372. The number of nitrogens with one attached hydrogen (secondary N) is 1. The Morgan fingerprint density at radius 1 is 1.21 bits per heavy atom. The summed E-state index contributed by atoms with van der Waals surface area (Å²) >= 11 is 0. The minimum Gasteiger partial charge on any atom is -0.354 e. The van der Waals surface area contributed by atoms with Crippen LogP contribution in [0.1, 0.15) is 0 Å². The first kappa shape index (κ1) is 12.9. The summed E-state index contributed by atoms with van der Waals surface area (Å²) in [4.78, 5) is 24.1. The number of carbonyl (C=O) groups excluding carboxylic acids is 2. The molecule has 1 N–H and O–H groups in total. The van der Waals surface area contributed by atoms with Gasteiger partial charge in [0.25, 0.3) is 11.8 Å². The van der Waals surface area contributed by atoms with Crippen LogP contribution in [0.15, 0.2) is 0 Å². The monoisotopic (exact) mass is 202 g/mol. The smallest absolute Gasteiger partial charge is 0.277 e. The van der Waals surface area contributed by atoms with Gasteiger partial charge in [0.05, 0.1) is 14.1 Å². The van der Waals surface area contributed by atoms with E-state index in [0.717, 1.165) is 0 Å². The van der Waals surface area contributed by atoms with Crippen molar-refractivity contribution >= 4 is 11.8 Å². The maximum Gasteiger partial charge on any atom is 0.277 e. The molecule has 0 saturated carbocycles. The topological polar surface area (TPSA) is 49.4 Å². The van der Waals surface area contributed by atoms with Crippen LogP contribution in [0.3, 0.4) is 0 Å². The zero-order chi connectivity index (χ0) is 11.4. The molecule has 0 aliphatic rings. The van der Waals surface area contributed by atoms with Crippen molar-refractivity contribution in [1.29, 1.82) is 0 Å². The van der Waals surface area contributed by atoms with Crippen LogP contribution in [-0.2, 0) is 9.59 Å². The number of likely N-dealkylation sites (N-methyl/N-ethyl adjacent to an activating group) is 3. The van der Waals surface area contributed by atoms with Crippen molar-refractivity contribution in [2.24, 2.45) is 0 Å². The van der Waals surface area contributed by atoms with E-state index in [9.17, 15) is 9.59 Å². The molecule has 0 aliphatic carbocycles. The second-order valence-electron chi connectivity index (χ2n) is 4.21. The van der Waals surface area contributed by atoms with Crippen molar-refractivity contribution in [2.45, 2.75) is 0 Å². The van der Waals surface area contributed by atoms with E-state index < -0.39 is 0 Å². The summed E-state index contributed by atoms with van der Waals surface area (Å²) in [5.74, 6) is -0.0274. The maximum absolute atomic E-state index is 11.4. The zero-order valence-electron chi connectivity index (χ0n) is 9.63. The van der Waals surface area contributed by atoms with Crippen molar-refractivity contribution in [1.82, 2.24) is 10.2 Å². The maximum atomic E-state index is 11.4. The van der Waals surface area contributed by atoms with E-state index in [2.05, 4.69) is 5.32 Å². The first-order chi connectivity index (χ1) is 6.28. The van der Waals surface area contributed by atoms with Gasteiger partial charge in [-0.25, -0.2) is 0 Å². The highest BCUT2D eigenvalue weighted by Crippen LogP contribution is 1.97. The molecule has 0 rings (SSSR count). The van der Waals surface area contributed by atoms with E-state index in [4.69, 9.17) is 0 Å². The molecule has 0 heterocycles. The van der Waals surface area contributed by atoms with Gasteiger partial charge in [-0.05, 0) is 0 Å². The van der Waals surface area contributed by atoms with Crippen molar-refractivity contribution in [2.75, 3.05) is 48.3 Å². The molecule has 0 saturated heterocycles. The van der Waals surface area contributed by atoms with Gasteiger partial charge in [0.15, 0.2) is 13.1 Å². The van der Waals surface area contributed by atoms with Crippen LogP contribution in [-0.4, -0.2) is 69.5 Å². The molecule has 0 aromatic carbocycles. The molecule has 0 radical (unpaired) electrons. The number of rotatable bonds is 4. The fraction of sp³-hybridized carbons (Fsp3) is 0.778. The lowest BCUT2D eigenvalue weighted by molar-refractivity contribution is -0.874. The molecule has 0 fully saturated rings. The SMILES string of the molecule is CNC(=O)C[N+](C)(C)CC(=O)N(C)C. The molecule has 0 aliphatic heterocycles. The van der Waals surface area contributed by atoms with Gasteiger partial charge in [-0.2, -0.15) is 0 Å². The Morgan fingerprint density at radius 3 is 2.07 bits per heavy atom. The molecule has 2 amide bonds. The molecular weight excluding hydrogens is 182 g/mol. The fourth-order valence-corrected chi connectivity index (χ4v) is 1.03. The van der Waals surface area contributed by atoms with Crippen LogP contribution in [0.25, 0.3) is 0 Å². The van der Waals surface area contributed by atoms with Gasteiger partial charge < -0.3 is 14.7 Å². The molecule has 0 bridgehead atoms. The summed E-state index contributed by atoms with van der Waals surface area (Å²) in [5.41, 5.74) is 0. The number of amides is 2. The standard InChI is InChI=1S/C9H19N3O2/c1-10-8(13)6-12(4,5)7-9(14)11(2)3/h6-7H2,1-5H3/p+1. The summed E-state index contributed by atoms with van der Waals surface area (Å²) in [7, 11) is 8.73. The average molecular weight is 202 g/mol. The molecule has 82 valence electrons. The Labute approximate surface area is 85.3 Å². The number of quaternary nitrogens is 1. The first-order valence-corrected chi connectivity index (χ1v) is 4.51. The van der Waals surface area contributed by atoms with Gasteiger partial charge in [-0.1, -0.05) is 0 Å². The largest absolute Gasteiger partial charge is 0.354 e. The number of carbonyl (C=O) groups is 2. The van der Waals surface area contributed by atoms with E-state index in [1.54, 1.807) is 21.1 Å². The minimum absolute atomic E-state index is 0.0268. The summed E-state index contributed by atoms with van der Waals surface area (Å²) in [6, 6.07) is 0. The van der Waals surface area contributed by atoms with Gasteiger partial charge in [0, 0.05) is 21.1 Å². The Kier molecular flexibility index (Phi) is 4.56. The molecule has 0 aromatic heterocycles. The third-order valence-electron chi connectivity index (χ3n) is 1.91. The Bertz CT molecular complexity index is 224. The molecular formula is C9H20N3O2+. The van der Waals surface area contributed by atoms with E-state index in [1.807, 2.05) is 14.1 Å². The third kappa shape index (κ3) is 4.81. The van der Waals surface area contributed by atoms with Gasteiger partial charge in [-0.3, -0.25) is 9.59 Å². The van der Waals surface area contributed by atoms with Crippen LogP contribution < -0.4 is 5.32 Å². The van der Waals surface area contributed by atoms with Crippen LogP contribution in [0, 0.1) is 0 Å². The Morgan fingerprint density at radius 2 is 1.71 bits per heavy atom. The molecule has 14 heavy (non-hydrogen) atoms. The second kappa shape index (κ2) is 4.95. The average Bonchev–Trinajstić information content (AvgIpc) is 2.02. The fourth-order valence-electron chi connectivity index (χ4n) is 1.03. The van der Waals surface area contributed by atoms with E-state index >= 15 is 0 Å². The lowest BCUT2D eigenvalue weighted by Crippen LogP contribution is -2.51. The second-order valence-corrected chi connectivity index (χ2v) is 4.21. The van der Waals surface area contributed by atoms with Crippen LogP contribution >= 0.6 is 0 Å². The molecule has 5 nitrogen and oxygen atoms in total. The van der Waals surface area contributed by atoms with E-state index in [1.165, 1.54) is 4.90 Å². The zero-order valence-corrected chi connectivity index (χ0v) is 9.63. The van der Waals surface area contributed by atoms with Crippen LogP contribution in [0.5, 0.6) is 0 Å². The van der Waals surface area contributed by atoms with E-state index in [-0.39, 0.29) is 11.8 Å². The van der Waals surface area contributed by atoms with Crippen molar-refractivity contribution in [3.8, 4) is 0 Å². The quantitative estimate of drug-likeness (QED) is 0.588. The predicted octanol–water partition coefficient (Wildman–Crippen LogP) is -1.10. The summed E-state index contributed by atoms with van der Waals surface area (Å²) in [5, 5.41) is 2.54. The van der Waals surface area contributed by atoms with Gasteiger partial charge in [0.1, 0.15) is 0 Å². The van der Waals surface area contributed by atoms with Gasteiger partial charge in [0.2, 0.25) is 0 Å². The molecule has 5 heteroatoms. The molecule has 0 atom stereocenters. The Hall–Kier alpha value is -1.10. The highest BCUT2D eigenvalue weighted by molar-refractivity contribution is 5.79. The lowest BCUT2D eigenvalue weighted by atomic mass is 10.4. The van der Waals surface area contributed by atoms with Crippen molar-refractivity contribution in [3.63, 3.8) is 0 Å². The highest BCUT2D eigenvalue weighted by atomic mass is 16.2. The third-order valence-corrected chi connectivity index (χ3v) is 1.91. The molecule has 0 unspecified atom stereocenters. The van der Waals surface area contributed by atoms with Crippen LogP contribution in [0.2, 0.25) is 0 Å². The number of hydrogen-bond donors (Lipinski definition) is 1. The first-order valence-electron chi connectivity index (χ1n) is 4.51. The normalized spacial score (nSPS) is 10.9. The van der Waals surface area contributed by atoms with Crippen molar-refractivity contribution in [3.05, 3.63) is 0 Å². The van der Waals surface area contributed by atoms with Crippen molar-refractivity contribution < 1.29 is 14.1 Å². The number of nitrogens with zero attached hydrogens (tertiary/aromatic N) is 2. The van der Waals surface area contributed by atoms with E-state index in [0.29, 0.717) is 17.6 Å². The molecule has 0 spiro atoms. The summed E-state index contributed by atoms with van der Waals surface area (Å²) in [6.45, 7) is 0.649. The van der Waals surface area contributed by atoms with Gasteiger partial charge in [-0.15, -0.1) is 0 Å². The minimum atomic E-state index is -0.0541. The highest BCUT2D eigenvalue weighted by Gasteiger charge is 2.23. The molecule has 0 aromatic rings. The summed E-state index contributed by atoms with van der Waals surface area (Å²) in [6.07, 6.45) is 0. The predicted molar refractivity (Wildman–Crippen MR) is 54.6 cm³/mol. The van der Waals surface area contributed by atoms with Crippen LogP contribution in [0.4, 0.5) is 0 Å². The lowest BCUT2D eigenvalue weighted by Gasteiger charge is -2.29. The Balaban J connectivity index is 4.20. The number of hydrogen-bond acceptors (Lipinski definition) is 2.